The summed E-state index contributed by atoms with van der Waals surface area (Å²) in [6.45, 7) is 6.98. The summed E-state index contributed by atoms with van der Waals surface area (Å²) in [4.78, 5) is 22.8. The van der Waals surface area contributed by atoms with Crippen LogP contribution in [0.2, 0.25) is 0 Å². The number of H-pyrrole nitrogens is 1. The number of nitrogens with zero attached hydrogens (tertiary/aromatic N) is 3. The molecule has 8 heteroatoms. The fourth-order valence-corrected chi connectivity index (χ4v) is 5.63. The maximum Gasteiger partial charge on any atom is 0.251 e. The molecule has 3 aromatic heterocycles. The van der Waals surface area contributed by atoms with Gasteiger partial charge in [-0.3, -0.25) is 14.1 Å². The van der Waals surface area contributed by atoms with Crippen LogP contribution >= 0.6 is 0 Å². The number of likely N-dealkylation sites (N-methyl/N-ethyl adjacent to an activating group) is 1. The van der Waals surface area contributed by atoms with Crippen molar-refractivity contribution in [1.29, 1.82) is 0 Å². The summed E-state index contributed by atoms with van der Waals surface area (Å²) >= 11 is 0. The Hall–Kier alpha value is -4.30. The summed E-state index contributed by atoms with van der Waals surface area (Å²) in [5.41, 5.74) is 6.21. The molecular formula is C30H32N6O2. The number of hydrogen-bond acceptors (Lipinski definition) is 5. The Bertz CT molecular complexity index is 1630. The Morgan fingerprint density at radius 1 is 1.18 bits per heavy atom. The van der Waals surface area contributed by atoms with E-state index in [1.807, 2.05) is 60.0 Å². The summed E-state index contributed by atoms with van der Waals surface area (Å²) in [7, 11) is 0. The van der Waals surface area contributed by atoms with Crippen LogP contribution in [0.25, 0.3) is 27.7 Å². The van der Waals surface area contributed by atoms with Crippen molar-refractivity contribution >= 4 is 33.7 Å². The second-order valence-corrected chi connectivity index (χ2v) is 9.98. The maximum absolute atomic E-state index is 12.9. The molecular weight excluding hydrogens is 476 g/mol. The number of aromatic hydroxyl groups is 1. The zero-order valence-corrected chi connectivity index (χ0v) is 21.7. The van der Waals surface area contributed by atoms with E-state index < -0.39 is 0 Å². The number of benzene rings is 2. The quantitative estimate of drug-likeness (QED) is 0.234. The second kappa shape index (κ2) is 9.87. The molecule has 194 valence electrons. The molecule has 0 bridgehead atoms. The Balaban J connectivity index is 1.21. The van der Waals surface area contributed by atoms with Crippen LogP contribution < -0.4 is 10.6 Å². The smallest absolute Gasteiger partial charge is 0.251 e. The lowest BCUT2D eigenvalue weighted by molar-refractivity contribution is 0.0941. The van der Waals surface area contributed by atoms with Crippen molar-refractivity contribution in [3.8, 4) is 17.1 Å². The minimum Gasteiger partial charge on any atom is -0.494 e. The fraction of sp³-hybridized carbons (Fsp3) is 0.267. The molecule has 4 heterocycles. The zero-order valence-electron chi connectivity index (χ0n) is 21.7. The van der Waals surface area contributed by atoms with Crippen molar-refractivity contribution in [2.24, 2.45) is 0 Å². The number of likely N-dealkylation sites (tertiary alicyclic amines) is 1. The van der Waals surface area contributed by atoms with Crippen molar-refractivity contribution in [3.05, 3.63) is 78.2 Å². The largest absolute Gasteiger partial charge is 0.494 e. The number of amides is 1. The van der Waals surface area contributed by atoms with E-state index in [1.165, 1.54) is 6.42 Å². The van der Waals surface area contributed by atoms with Crippen molar-refractivity contribution < 1.29 is 9.90 Å². The van der Waals surface area contributed by atoms with E-state index in [4.69, 9.17) is 0 Å². The van der Waals surface area contributed by atoms with Crippen LogP contribution in [0.15, 0.2) is 67.1 Å². The molecule has 1 aliphatic rings. The minimum atomic E-state index is -0.0234. The SMILES string of the molecule is CCN1CCCC1CNC(=O)c1ccc(Nc2ccc(-c3ccc4c(O)[nH]cc4c3)n3ccnc23)cc1C. The molecule has 0 aliphatic carbocycles. The molecule has 38 heavy (non-hydrogen) atoms. The normalized spacial score (nSPS) is 15.9. The van der Waals surface area contributed by atoms with Crippen molar-refractivity contribution in [2.75, 3.05) is 25.0 Å². The van der Waals surface area contributed by atoms with Crippen LogP contribution in [-0.4, -0.2) is 56.0 Å². The van der Waals surface area contributed by atoms with E-state index in [9.17, 15) is 9.90 Å². The van der Waals surface area contributed by atoms with Crippen molar-refractivity contribution in [3.63, 3.8) is 0 Å². The van der Waals surface area contributed by atoms with Gasteiger partial charge in [-0.15, -0.1) is 0 Å². The molecule has 0 radical (unpaired) electrons. The molecule has 6 rings (SSSR count). The highest BCUT2D eigenvalue weighted by molar-refractivity contribution is 5.96. The Morgan fingerprint density at radius 3 is 2.92 bits per heavy atom. The van der Waals surface area contributed by atoms with E-state index >= 15 is 0 Å². The van der Waals surface area contributed by atoms with E-state index in [0.29, 0.717) is 18.2 Å². The number of aryl methyl sites for hydroxylation is 1. The molecule has 5 aromatic rings. The van der Waals surface area contributed by atoms with E-state index in [0.717, 1.165) is 64.1 Å². The van der Waals surface area contributed by atoms with Crippen LogP contribution in [0, 0.1) is 6.92 Å². The van der Waals surface area contributed by atoms with Crippen LogP contribution in [-0.2, 0) is 0 Å². The van der Waals surface area contributed by atoms with Gasteiger partial charge in [-0.25, -0.2) is 4.98 Å². The average Bonchev–Trinajstić information content (AvgIpc) is 3.67. The first kappa shape index (κ1) is 24.1. The number of carbonyl (C=O) groups excluding carboxylic acids is 1. The van der Waals surface area contributed by atoms with Crippen LogP contribution in [0.5, 0.6) is 5.88 Å². The third-order valence-electron chi connectivity index (χ3n) is 7.67. The number of nitrogens with one attached hydrogen (secondary N) is 3. The number of rotatable bonds is 7. The Labute approximate surface area is 221 Å². The van der Waals surface area contributed by atoms with Crippen molar-refractivity contribution in [2.45, 2.75) is 32.7 Å². The lowest BCUT2D eigenvalue weighted by Crippen LogP contribution is -2.40. The lowest BCUT2D eigenvalue weighted by atomic mass is 10.1. The summed E-state index contributed by atoms with van der Waals surface area (Å²) < 4.78 is 2.05. The van der Waals surface area contributed by atoms with Gasteiger partial charge in [0.25, 0.3) is 5.91 Å². The molecule has 1 fully saturated rings. The van der Waals surface area contributed by atoms with Gasteiger partial charge in [-0.1, -0.05) is 13.0 Å². The number of carbonyl (C=O) groups is 1. The molecule has 8 nitrogen and oxygen atoms in total. The predicted molar refractivity (Wildman–Crippen MR) is 151 cm³/mol. The first-order chi connectivity index (χ1) is 18.5. The number of imidazole rings is 1. The van der Waals surface area contributed by atoms with Crippen LogP contribution in [0.4, 0.5) is 11.4 Å². The number of fused-ring (bicyclic) bond motifs is 2. The molecule has 1 atom stereocenters. The Morgan fingerprint density at radius 2 is 2.08 bits per heavy atom. The summed E-state index contributed by atoms with van der Waals surface area (Å²) in [6, 6.07) is 16.3. The van der Waals surface area contributed by atoms with Gasteiger partial charge in [0, 0.05) is 53.2 Å². The number of hydrogen-bond donors (Lipinski definition) is 4. The van der Waals surface area contributed by atoms with Crippen molar-refractivity contribution in [1.82, 2.24) is 24.6 Å². The number of aromatic nitrogens is 3. The highest BCUT2D eigenvalue weighted by Gasteiger charge is 2.23. The van der Waals surface area contributed by atoms with Gasteiger partial charge in [-0.2, -0.15) is 0 Å². The molecule has 1 amide bonds. The first-order valence-corrected chi connectivity index (χ1v) is 13.2. The van der Waals surface area contributed by atoms with Gasteiger partial charge in [-0.05, 0) is 86.4 Å². The minimum absolute atomic E-state index is 0.0234. The van der Waals surface area contributed by atoms with Gasteiger partial charge in [0.05, 0.1) is 11.4 Å². The van der Waals surface area contributed by atoms with Gasteiger partial charge < -0.3 is 20.7 Å². The molecule has 1 aliphatic heterocycles. The van der Waals surface area contributed by atoms with Gasteiger partial charge in [0.15, 0.2) is 11.5 Å². The van der Waals surface area contributed by atoms with Gasteiger partial charge >= 0.3 is 0 Å². The fourth-order valence-electron chi connectivity index (χ4n) is 5.63. The summed E-state index contributed by atoms with van der Waals surface area (Å²) in [5, 5.41) is 18.3. The molecule has 2 aromatic carbocycles. The van der Waals surface area contributed by atoms with E-state index in [2.05, 4.69) is 38.5 Å². The highest BCUT2D eigenvalue weighted by atomic mass is 16.3. The second-order valence-electron chi connectivity index (χ2n) is 9.98. The van der Waals surface area contributed by atoms with E-state index in [1.54, 1.807) is 12.4 Å². The highest BCUT2D eigenvalue weighted by Crippen LogP contribution is 2.32. The summed E-state index contributed by atoms with van der Waals surface area (Å²) in [5.74, 6) is 0.152. The van der Waals surface area contributed by atoms with Crippen LogP contribution in [0.3, 0.4) is 0 Å². The molecule has 1 unspecified atom stereocenters. The lowest BCUT2D eigenvalue weighted by Gasteiger charge is -2.23. The van der Waals surface area contributed by atoms with Crippen LogP contribution in [0.1, 0.15) is 35.7 Å². The standard InChI is InChI=1S/C30H32N6O2/c1-3-35-13-4-5-23(35)18-33-29(37)24-9-7-22(15-19(24)2)34-26-10-11-27(36-14-12-31-28(26)36)20-6-8-25-21(16-20)17-32-30(25)38/h6-12,14-17,23,32,34,38H,3-5,13,18H2,1-2H3,(H,33,37). The van der Waals surface area contributed by atoms with Gasteiger partial charge in [0.1, 0.15) is 0 Å². The maximum atomic E-state index is 12.9. The number of anilines is 2. The third kappa shape index (κ3) is 4.37. The third-order valence-corrected chi connectivity index (χ3v) is 7.67. The zero-order chi connectivity index (χ0) is 26.2. The topological polar surface area (TPSA) is 97.7 Å². The molecule has 0 saturated carbocycles. The number of pyridine rings is 1. The Kier molecular flexibility index (Phi) is 6.25. The molecule has 0 spiro atoms. The van der Waals surface area contributed by atoms with Gasteiger partial charge in [0.2, 0.25) is 0 Å². The first-order valence-electron chi connectivity index (χ1n) is 13.2. The molecule has 1 saturated heterocycles. The predicted octanol–water partition coefficient (Wildman–Crippen LogP) is 5.45. The average molecular weight is 509 g/mol. The van der Waals surface area contributed by atoms with E-state index in [-0.39, 0.29) is 11.8 Å². The monoisotopic (exact) mass is 508 g/mol. The molecule has 4 N–H and O–H groups in total. The number of aromatic amines is 1. The summed E-state index contributed by atoms with van der Waals surface area (Å²) in [6.07, 6.45) is 7.87.